The van der Waals surface area contributed by atoms with Crippen molar-refractivity contribution in [1.82, 2.24) is 4.90 Å². The van der Waals surface area contributed by atoms with Gasteiger partial charge in [0.15, 0.2) is 0 Å². The maximum absolute atomic E-state index is 11.8. The van der Waals surface area contributed by atoms with E-state index in [2.05, 4.69) is 17.0 Å². The lowest BCUT2D eigenvalue weighted by molar-refractivity contribution is -0.181. The number of likely N-dealkylation sites (tertiary alicyclic amines) is 1. The van der Waals surface area contributed by atoms with Gasteiger partial charge in [-0.3, -0.25) is 4.90 Å². The number of hydrogen-bond acceptors (Lipinski definition) is 5. The van der Waals surface area contributed by atoms with Crippen molar-refractivity contribution in [3.63, 3.8) is 0 Å². The molecule has 0 aromatic heterocycles. The predicted octanol–water partition coefficient (Wildman–Crippen LogP) is 2.06. The third-order valence-corrected chi connectivity index (χ3v) is 4.73. The number of aliphatic hydroxyl groups is 1. The van der Waals surface area contributed by atoms with Crippen molar-refractivity contribution in [2.75, 3.05) is 19.7 Å². The number of carbonyl (C=O) groups is 2. The predicted molar refractivity (Wildman–Crippen MR) is 92.9 cm³/mol. The largest absolute Gasteiger partial charge is 0.479 e. The average Bonchev–Trinajstić information content (AvgIpc) is 2.61. The zero-order valence-corrected chi connectivity index (χ0v) is 14.7. The van der Waals surface area contributed by atoms with Crippen molar-refractivity contribution in [1.29, 1.82) is 0 Å². The summed E-state index contributed by atoms with van der Waals surface area (Å²) < 4.78 is 4.73. The van der Waals surface area contributed by atoms with Crippen LogP contribution < -0.4 is 0 Å². The molecule has 1 fully saturated rings. The van der Waals surface area contributed by atoms with E-state index in [0.29, 0.717) is 6.42 Å². The smallest absolute Gasteiger partial charge is 0.350 e. The first-order valence-corrected chi connectivity index (χ1v) is 8.85. The highest BCUT2D eigenvalue weighted by Crippen LogP contribution is 2.26. The van der Waals surface area contributed by atoms with E-state index in [1.165, 1.54) is 5.56 Å². The Bertz CT molecular complexity index is 576. The molecule has 1 heterocycles. The van der Waals surface area contributed by atoms with E-state index >= 15 is 0 Å². The van der Waals surface area contributed by atoms with Gasteiger partial charge in [0.05, 0.1) is 6.61 Å². The number of carboxylic acids is 1. The van der Waals surface area contributed by atoms with Gasteiger partial charge < -0.3 is 14.9 Å². The van der Waals surface area contributed by atoms with E-state index in [-0.39, 0.29) is 18.9 Å². The molecule has 0 spiro atoms. The molecule has 0 amide bonds. The van der Waals surface area contributed by atoms with Crippen LogP contribution in [0.1, 0.15) is 38.2 Å². The van der Waals surface area contributed by atoms with Crippen LogP contribution in [0.15, 0.2) is 30.3 Å². The molecule has 0 saturated carbocycles. The van der Waals surface area contributed by atoms with Crippen molar-refractivity contribution >= 4 is 11.9 Å². The van der Waals surface area contributed by atoms with Gasteiger partial charge in [-0.15, -0.1) is 0 Å². The molecule has 2 N–H and O–H groups in total. The first-order chi connectivity index (χ1) is 12.0. The Morgan fingerprint density at radius 1 is 1.32 bits per heavy atom. The van der Waals surface area contributed by atoms with E-state index < -0.39 is 17.5 Å². The molecule has 6 heteroatoms. The molecule has 1 aromatic rings. The van der Waals surface area contributed by atoms with Gasteiger partial charge in [0.1, 0.15) is 0 Å². The molecule has 1 aromatic carbocycles. The van der Waals surface area contributed by atoms with Gasteiger partial charge in [-0.2, -0.15) is 0 Å². The van der Waals surface area contributed by atoms with Crippen molar-refractivity contribution in [3.05, 3.63) is 35.9 Å². The van der Waals surface area contributed by atoms with Crippen molar-refractivity contribution in [2.24, 2.45) is 5.92 Å². The van der Waals surface area contributed by atoms with Gasteiger partial charge in [-0.25, -0.2) is 9.59 Å². The molecule has 0 bridgehead atoms. The van der Waals surface area contributed by atoms with Gasteiger partial charge >= 0.3 is 11.9 Å². The molecular weight excluding hydrogens is 322 g/mol. The van der Waals surface area contributed by atoms with Crippen molar-refractivity contribution in [2.45, 2.75) is 44.8 Å². The summed E-state index contributed by atoms with van der Waals surface area (Å²) in [5, 5.41) is 19.5. The molecule has 25 heavy (non-hydrogen) atoms. The van der Waals surface area contributed by atoms with Crippen LogP contribution in [0.25, 0.3) is 0 Å². The van der Waals surface area contributed by atoms with Crippen LogP contribution in [0.5, 0.6) is 0 Å². The van der Waals surface area contributed by atoms with Crippen molar-refractivity contribution < 1.29 is 24.5 Å². The van der Waals surface area contributed by atoms with Crippen LogP contribution in [-0.2, 0) is 20.9 Å². The summed E-state index contributed by atoms with van der Waals surface area (Å²) in [6.07, 6.45) is 2.37. The zero-order chi connectivity index (χ0) is 18.3. The lowest BCUT2D eigenvalue weighted by Gasteiger charge is -2.33. The summed E-state index contributed by atoms with van der Waals surface area (Å²) in [5.74, 6) is -2.35. The Hall–Kier alpha value is -1.92. The summed E-state index contributed by atoms with van der Waals surface area (Å²) in [7, 11) is 0. The molecule has 138 valence electrons. The monoisotopic (exact) mass is 349 g/mol. The minimum absolute atomic E-state index is 0.0444. The lowest BCUT2D eigenvalue weighted by Crippen LogP contribution is -2.48. The number of aliphatic carboxylic acids is 1. The van der Waals surface area contributed by atoms with Crippen molar-refractivity contribution in [3.8, 4) is 0 Å². The molecule has 0 aliphatic carbocycles. The second kappa shape index (κ2) is 8.97. The summed E-state index contributed by atoms with van der Waals surface area (Å²) >= 11 is 0. The topological polar surface area (TPSA) is 87.1 Å². The molecule has 2 rings (SSSR count). The Labute approximate surface area is 148 Å². The number of rotatable bonds is 8. The zero-order valence-electron chi connectivity index (χ0n) is 14.7. The van der Waals surface area contributed by atoms with Crippen LogP contribution >= 0.6 is 0 Å². The minimum Gasteiger partial charge on any atom is -0.479 e. The highest BCUT2D eigenvalue weighted by Gasteiger charge is 2.46. The van der Waals surface area contributed by atoms with Crippen LogP contribution in [-0.4, -0.2) is 52.3 Å². The first-order valence-electron chi connectivity index (χ1n) is 8.85. The molecule has 1 unspecified atom stereocenters. The Balaban J connectivity index is 1.90. The number of carboxylic acid groups (broad SMARTS) is 1. The van der Waals surface area contributed by atoms with E-state index in [9.17, 15) is 19.8 Å². The summed E-state index contributed by atoms with van der Waals surface area (Å²) in [6.45, 7) is 4.34. The fourth-order valence-corrected chi connectivity index (χ4v) is 3.33. The standard InChI is InChI=1S/C19H27NO5/c1-2-25-18(23)19(24,17(21)22)11-10-16-9-6-12-20(14-16)13-15-7-4-3-5-8-15/h3-5,7-8,16,24H,2,6,9-14H2,1H3,(H,21,22)/t16?,19-/m0/s1. The SMILES string of the molecule is CCOC(=O)[C@](O)(CCC1CCCN(Cc2ccccc2)C1)C(=O)O. The number of nitrogens with zero attached hydrogens (tertiary/aromatic N) is 1. The quantitative estimate of drug-likeness (QED) is 0.552. The maximum atomic E-state index is 11.8. The number of benzene rings is 1. The number of ether oxygens (including phenoxy) is 1. The third-order valence-electron chi connectivity index (χ3n) is 4.73. The van der Waals surface area contributed by atoms with Gasteiger partial charge in [0.2, 0.25) is 0 Å². The Morgan fingerprint density at radius 2 is 2.04 bits per heavy atom. The van der Waals surface area contributed by atoms with E-state index in [1.807, 2.05) is 18.2 Å². The molecule has 1 aliphatic heterocycles. The van der Waals surface area contributed by atoms with Crippen LogP contribution in [0.2, 0.25) is 0 Å². The van der Waals surface area contributed by atoms with Crippen LogP contribution in [0, 0.1) is 5.92 Å². The Morgan fingerprint density at radius 3 is 2.68 bits per heavy atom. The summed E-state index contributed by atoms with van der Waals surface area (Å²) in [5.41, 5.74) is -1.20. The average molecular weight is 349 g/mol. The molecule has 0 radical (unpaired) electrons. The van der Waals surface area contributed by atoms with Gasteiger partial charge in [-0.1, -0.05) is 30.3 Å². The lowest BCUT2D eigenvalue weighted by atomic mass is 9.87. The first kappa shape index (κ1) is 19.4. The Kier molecular flexibility index (Phi) is 6.96. The maximum Gasteiger partial charge on any atom is 0.350 e. The molecule has 1 saturated heterocycles. The van der Waals surface area contributed by atoms with Gasteiger partial charge in [0, 0.05) is 13.1 Å². The number of carbonyl (C=O) groups excluding carboxylic acids is 1. The number of piperidine rings is 1. The number of esters is 1. The van der Waals surface area contributed by atoms with Crippen LogP contribution in [0.3, 0.4) is 0 Å². The molecule has 1 aliphatic rings. The van der Waals surface area contributed by atoms with Gasteiger partial charge in [-0.05, 0) is 50.6 Å². The molecule has 2 atom stereocenters. The number of hydrogen-bond donors (Lipinski definition) is 2. The van der Waals surface area contributed by atoms with E-state index in [4.69, 9.17) is 4.74 Å². The summed E-state index contributed by atoms with van der Waals surface area (Å²) in [4.78, 5) is 25.5. The molecular formula is C19H27NO5. The highest BCUT2D eigenvalue weighted by molar-refractivity contribution is 6.02. The van der Waals surface area contributed by atoms with Crippen LogP contribution in [0.4, 0.5) is 0 Å². The second-order valence-corrected chi connectivity index (χ2v) is 6.65. The second-order valence-electron chi connectivity index (χ2n) is 6.65. The fraction of sp³-hybridized carbons (Fsp3) is 0.579. The summed E-state index contributed by atoms with van der Waals surface area (Å²) in [6, 6.07) is 10.2. The molecule has 6 nitrogen and oxygen atoms in total. The van der Waals surface area contributed by atoms with E-state index in [1.54, 1.807) is 6.92 Å². The van der Waals surface area contributed by atoms with Gasteiger partial charge in [0.25, 0.3) is 5.60 Å². The third kappa shape index (κ3) is 5.28. The minimum atomic E-state index is -2.45. The normalized spacial score (nSPS) is 20.6. The fourth-order valence-electron chi connectivity index (χ4n) is 3.33. The van der Waals surface area contributed by atoms with E-state index in [0.717, 1.165) is 32.5 Å². The highest BCUT2D eigenvalue weighted by atomic mass is 16.6.